The Labute approximate surface area is 229 Å². The highest BCUT2D eigenvalue weighted by atomic mass is 28.3. The van der Waals surface area contributed by atoms with Gasteiger partial charge in [0.2, 0.25) is 5.88 Å². The van der Waals surface area contributed by atoms with Crippen LogP contribution in [-0.2, 0) is 16.2 Å². The number of fused-ring (bicyclic) bond motifs is 1. The summed E-state index contributed by atoms with van der Waals surface area (Å²) in [6.45, 7) is 10.3. The minimum Gasteiger partial charge on any atom is -0.481 e. The van der Waals surface area contributed by atoms with Gasteiger partial charge in [0.25, 0.3) is 5.91 Å². The van der Waals surface area contributed by atoms with Crippen molar-refractivity contribution in [3.8, 4) is 28.3 Å². The molecule has 0 radical (unpaired) electrons. The molecule has 10 heteroatoms. The number of benzene rings is 1. The molecule has 0 spiro atoms. The van der Waals surface area contributed by atoms with E-state index in [4.69, 9.17) is 24.3 Å². The molecule has 0 atom stereocenters. The molecule has 1 amide bonds. The number of ether oxygens (including phenoxy) is 3. The summed E-state index contributed by atoms with van der Waals surface area (Å²) in [7, 11) is 0.396. The Bertz CT molecular complexity index is 1460. The summed E-state index contributed by atoms with van der Waals surface area (Å²) < 4.78 is 18.8. The summed E-state index contributed by atoms with van der Waals surface area (Å²) in [5, 5.41) is 5.75. The van der Waals surface area contributed by atoms with Crippen LogP contribution in [0.4, 0.5) is 0 Å². The van der Waals surface area contributed by atoms with Crippen LogP contribution in [0.1, 0.15) is 10.4 Å². The fourth-order valence-electron chi connectivity index (χ4n) is 4.55. The zero-order valence-electron chi connectivity index (χ0n) is 23.0. The molecule has 1 fully saturated rings. The number of hydrogen-bond donors (Lipinski definition) is 0. The van der Waals surface area contributed by atoms with Crippen molar-refractivity contribution in [2.45, 2.75) is 32.4 Å². The van der Waals surface area contributed by atoms with Crippen LogP contribution in [0, 0.1) is 0 Å². The number of nitrogens with zero attached hydrogens (tertiary/aromatic N) is 5. The minimum atomic E-state index is -1.21. The molecular weight excluding hydrogens is 510 g/mol. The van der Waals surface area contributed by atoms with Crippen LogP contribution >= 0.6 is 0 Å². The summed E-state index contributed by atoms with van der Waals surface area (Å²) in [6.07, 6.45) is 3.52. The molecule has 0 aliphatic carbocycles. The van der Waals surface area contributed by atoms with Crippen LogP contribution in [0.2, 0.25) is 25.7 Å². The summed E-state index contributed by atoms with van der Waals surface area (Å²) in [6, 6.07) is 14.6. The van der Waals surface area contributed by atoms with Gasteiger partial charge in [-0.1, -0.05) is 31.8 Å². The van der Waals surface area contributed by atoms with Gasteiger partial charge in [0.15, 0.2) is 5.65 Å². The predicted octanol–water partition coefficient (Wildman–Crippen LogP) is 4.95. The van der Waals surface area contributed by atoms with E-state index in [0.29, 0.717) is 56.7 Å². The zero-order valence-corrected chi connectivity index (χ0v) is 24.0. The van der Waals surface area contributed by atoms with Gasteiger partial charge in [-0.05, 0) is 41.9 Å². The molecule has 204 valence electrons. The lowest BCUT2D eigenvalue weighted by molar-refractivity contribution is 0.0303. The van der Waals surface area contributed by atoms with Crippen LogP contribution in [0.25, 0.3) is 33.4 Å². The van der Waals surface area contributed by atoms with E-state index in [9.17, 15) is 4.79 Å². The van der Waals surface area contributed by atoms with E-state index < -0.39 is 8.07 Å². The first-order chi connectivity index (χ1) is 18.8. The van der Waals surface area contributed by atoms with Gasteiger partial charge in [-0.2, -0.15) is 5.10 Å². The van der Waals surface area contributed by atoms with E-state index in [-0.39, 0.29) is 5.91 Å². The molecule has 4 aromatic rings. The molecule has 1 aliphatic heterocycles. The molecule has 39 heavy (non-hydrogen) atoms. The molecular formula is C29H35N5O4Si. The van der Waals surface area contributed by atoms with Gasteiger partial charge in [0, 0.05) is 56.7 Å². The largest absolute Gasteiger partial charge is 0.481 e. The number of amides is 1. The summed E-state index contributed by atoms with van der Waals surface area (Å²) >= 11 is 0. The first-order valence-electron chi connectivity index (χ1n) is 13.3. The van der Waals surface area contributed by atoms with Crippen LogP contribution in [0.3, 0.4) is 0 Å². The summed E-state index contributed by atoms with van der Waals surface area (Å²) in [4.78, 5) is 24.1. The number of carbonyl (C=O) groups excluding carboxylic acids is 1. The molecule has 3 aromatic heterocycles. The van der Waals surface area contributed by atoms with E-state index in [1.54, 1.807) is 18.0 Å². The number of carbonyl (C=O) groups is 1. The van der Waals surface area contributed by atoms with Gasteiger partial charge in [-0.25, -0.2) is 14.6 Å². The maximum absolute atomic E-state index is 13.1. The minimum absolute atomic E-state index is 0.0123. The van der Waals surface area contributed by atoms with Crippen molar-refractivity contribution in [3.05, 3.63) is 60.4 Å². The van der Waals surface area contributed by atoms with Gasteiger partial charge in [-0.15, -0.1) is 0 Å². The molecule has 1 aromatic carbocycles. The summed E-state index contributed by atoms with van der Waals surface area (Å²) in [5.74, 6) is 0.505. The number of pyridine rings is 2. The van der Waals surface area contributed by atoms with Crippen molar-refractivity contribution in [1.82, 2.24) is 24.6 Å². The molecule has 0 saturated carbocycles. The highest BCUT2D eigenvalue weighted by Crippen LogP contribution is 2.34. The number of hydrogen-bond acceptors (Lipinski definition) is 7. The second kappa shape index (κ2) is 11.6. The Morgan fingerprint density at radius 1 is 1.05 bits per heavy atom. The normalized spacial score (nSPS) is 14.1. The van der Waals surface area contributed by atoms with E-state index in [1.807, 2.05) is 47.5 Å². The highest BCUT2D eigenvalue weighted by Gasteiger charge is 2.21. The van der Waals surface area contributed by atoms with Gasteiger partial charge >= 0.3 is 0 Å². The molecule has 9 nitrogen and oxygen atoms in total. The van der Waals surface area contributed by atoms with Gasteiger partial charge in [-0.3, -0.25) is 4.79 Å². The number of morpholine rings is 1. The van der Waals surface area contributed by atoms with E-state index in [1.165, 1.54) is 0 Å². The van der Waals surface area contributed by atoms with Gasteiger partial charge in [0.05, 0.1) is 25.9 Å². The van der Waals surface area contributed by atoms with Gasteiger partial charge in [0.1, 0.15) is 12.4 Å². The lowest BCUT2D eigenvalue weighted by atomic mass is 10.0. The van der Waals surface area contributed by atoms with E-state index >= 15 is 0 Å². The Balaban J connectivity index is 1.51. The first-order valence-corrected chi connectivity index (χ1v) is 17.0. The maximum atomic E-state index is 13.1. The van der Waals surface area contributed by atoms with E-state index in [0.717, 1.165) is 33.8 Å². The summed E-state index contributed by atoms with van der Waals surface area (Å²) in [5.41, 5.74) is 4.66. The third-order valence-electron chi connectivity index (χ3n) is 6.76. The Morgan fingerprint density at radius 2 is 1.87 bits per heavy atom. The van der Waals surface area contributed by atoms with Crippen LogP contribution < -0.4 is 4.74 Å². The van der Waals surface area contributed by atoms with Crippen LogP contribution in [0.5, 0.6) is 5.88 Å². The third-order valence-corrected chi connectivity index (χ3v) is 8.46. The quantitative estimate of drug-likeness (QED) is 0.217. The van der Waals surface area contributed by atoms with Crippen molar-refractivity contribution in [3.63, 3.8) is 0 Å². The highest BCUT2D eigenvalue weighted by molar-refractivity contribution is 6.76. The van der Waals surface area contributed by atoms with Crippen LogP contribution in [-0.4, -0.2) is 78.6 Å². The average Bonchev–Trinajstić information content (AvgIpc) is 3.32. The molecule has 0 unspecified atom stereocenters. The molecule has 4 heterocycles. The second-order valence-electron chi connectivity index (χ2n) is 10.8. The lowest BCUT2D eigenvalue weighted by Gasteiger charge is -2.27. The topological polar surface area (TPSA) is 91.6 Å². The molecule has 0 N–H and O–H groups in total. The molecule has 1 aliphatic rings. The predicted molar refractivity (Wildman–Crippen MR) is 154 cm³/mol. The smallest absolute Gasteiger partial charge is 0.254 e. The van der Waals surface area contributed by atoms with Crippen molar-refractivity contribution in [1.29, 1.82) is 0 Å². The first kappa shape index (κ1) is 27.0. The lowest BCUT2D eigenvalue weighted by Crippen LogP contribution is -2.40. The number of rotatable bonds is 9. The molecule has 5 rings (SSSR count). The monoisotopic (exact) mass is 545 g/mol. The average molecular weight is 546 g/mol. The number of aromatic nitrogens is 4. The van der Waals surface area contributed by atoms with Crippen molar-refractivity contribution < 1.29 is 19.0 Å². The van der Waals surface area contributed by atoms with Crippen LogP contribution in [0.15, 0.2) is 54.9 Å². The fourth-order valence-corrected chi connectivity index (χ4v) is 5.31. The number of methoxy groups -OCH3 is 1. The molecule has 1 saturated heterocycles. The van der Waals surface area contributed by atoms with Crippen molar-refractivity contribution >= 4 is 25.0 Å². The Kier molecular flexibility index (Phi) is 8.06. The second-order valence-corrected chi connectivity index (χ2v) is 16.5. The van der Waals surface area contributed by atoms with Crippen molar-refractivity contribution in [2.24, 2.45) is 0 Å². The third kappa shape index (κ3) is 6.19. The SMILES string of the molecule is COc1ncccc1-c1nn(COCC[Si](C)(C)C)c2ncc(-c3cccc(C(=O)N4CCOCC4)c3)cc12. The fraction of sp³-hybridized carbons (Fsp3) is 0.379. The van der Waals surface area contributed by atoms with E-state index in [2.05, 4.69) is 30.7 Å². The van der Waals surface area contributed by atoms with Gasteiger partial charge < -0.3 is 19.1 Å². The standard InChI is InChI=1S/C29H35N5O4Si/c1-36-28-24(9-6-10-30-28)26-25-18-23(19-31-27(25)34(32-26)20-38-15-16-39(2,3)4)21-7-5-8-22(17-21)29(35)33-11-13-37-14-12-33/h5-10,17-19H,11-16,20H2,1-4H3. The van der Waals surface area contributed by atoms with Crippen molar-refractivity contribution in [2.75, 3.05) is 40.0 Å². The Hall–Kier alpha value is -3.60. The molecule has 0 bridgehead atoms. The maximum Gasteiger partial charge on any atom is 0.254 e. The zero-order chi connectivity index (χ0) is 27.4. The Morgan fingerprint density at radius 3 is 2.64 bits per heavy atom.